The zero-order valence-corrected chi connectivity index (χ0v) is 7.12. The number of pyridine rings is 1. The summed E-state index contributed by atoms with van der Waals surface area (Å²) in [6, 6.07) is 3.58. The average molecular weight is 186 g/mol. The Hall–Kier alpha value is -0.800. The molecule has 0 bridgehead atoms. The fraction of sp³-hybridized carbons (Fsp3) is 0.375. The largest absolute Gasteiger partial charge is 0.488 e. The molecule has 1 fully saturated rings. The monoisotopic (exact) mass is 185 g/mol. The third-order valence-corrected chi connectivity index (χ3v) is 1.84. The van der Waals surface area contributed by atoms with Crippen LogP contribution in [0.4, 0.5) is 0 Å². The Balaban J connectivity index is 1.96. The molecular formula is C8H8ClNO2. The van der Waals surface area contributed by atoms with E-state index in [9.17, 15) is 0 Å². The summed E-state index contributed by atoms with van der Waals surface area (Å²) in [4.78, 5) is 3.88. The molecule has 64 valence electrons. The predicted octanol–water partition coefficient (Wildman–Crippen LogP) is 1.51. The van der Waals surface area contributed by atoms with Gasteiger partial charge < -0.3 is 9.47 Å². The van der Waals surface area contributed by atoms with Gasteiger partial charge in [0.05, 0.1) is 6.61 Å². The third kappa shape index (κ3) is 1.87. The van der Waals surface area contributed by atoms with E-state index >= 15 is 0 Å². The highest BCUT2D eigenvalue weighted by Crippen LogP contribution is 2.21. The van der Waals surface area contributed by atoms with Crippen molar-refractivity contribution in [3.63, 3.8) is 0 Å². The summed E-state index contributed by atoms with van der Waals surface area (Å²) in [5, 5.41) is 0.401. The van der Waals surface area contributed by atoms with Crippen LogP contribution in [0.25, 0.3) is 0 Å². The van der Waals surface area contributed by atoms with Crippen LogP contribution < -0.4 is 4.74 Å². The van der Waals surface area contributed by atoms with Crippen molar-refractivity contribution in [2.24, 2.45) is 0 Å². The summed E-state index contributed by atoms with van der Waals surface area (Å²) in [7, 11) is 0. The highest BCUT2D eigenvalue weighted by atomic mass is 35.5. The number of hydrogen-bond acceptors (Lipinski definition) is 3. The van der Waals surface area contributed by atoms with Crippen molar-refractivity contribution in [3.05, 3.63) is 23.5 Å². The Morgan fingerprint density at radius 1 is 1.75 bits per heavy atom. The van der Waals surface area contributed by atoms with E-state index in [2.05, 4.69) is 4.98 Å². The van der Waals surface area contributed by atoms with Crippen LogP contribution >= 0.6 is 11.6 Å². The van der Waals surface area contributed by atoms with E-state index in [1.807, 2.05) is 0 Å². The number of hydrogen-bond donors (Lipinski definition) is 0. The Labute approximate surface area is 75.3 Å². The van der Waals surface area contributed by atoms with E-state index in [1.54, 1.807) is 18.3 Å². The Bertz CT molecular complexity index is 276. The van der Waals surface area contributed by atoms with Gasteiger partial charge in [-0.2, -0.15) is 0 Å². The maximum absolute atomic E-state index is 5.75. The van der Waals surface area contributed by atoms with Gasteiger partial charge in [-0.1, -0.05) is 11.6 Å². The van der Waals surface area contributed by atoms with Crippen LogP contribution in [0.5, 0.6) is 5.75 Å². The van der Waals surface area contributed by atoms with E-state index in [0.29, 0.717) is 17.5 Å². The van der Waals surface area contributed by atoms with Crippen molar-refractivity contribution >= 4 is 11.6 Å². The molecule has 2 heterocycles. The summed E-state index contributed by atoms with van der Waals surface area (Å²) in [5.74, 6) is 0.620. The first-order valence-corrected chi connectivity index (χ1v) is 4.09. The Morgan fingerprint density at radius 2 is 2.58 bits per heavy atom. The zero-order chi connectivity index (χ0) is 8.39. The zero-order valence-electron chi connectivity index (χ0n) is 6.37. The summed E-state index contributed by atoms with van der Waals surface area (Å²) < 4.78 is 10.3. The number of ether oxygens (including phenoxy) is 2. The standard InChI is InChI=1S/C8H8ClNO2/c9-8-7(2-1-3-10-8)12-5-6-4-11-6/h1-3,6H,4-5H2/t6-/m1/s1. The van der Waals surface area contributed by atoms with Gasteiger partial charge in [-0.25, -0.2) is 4.98 Å². The molecule has 4 heteroatoms. The van der Waals surface area contributed by atoms with Gasteiger partial charge in [0.25, 0.3) is 0 Å². The molecule has 1 atom stereocenters. The van der Waals surface area contributed by atoms with Gasteiger partial charge in [0.15, 0.2) is 10.9 Å². The highest BCUT2D eigenvalue weighted by Gasteiger charge is 2.23. The van der Waals surface area contributed by atoms with Gasteiger partial charge >= 0.3 is 0 Å². The summed E-state index contributed by atoms with van der Waals surface area (Å²) in [6.07, 6.45) is 1.88. The number of halogens is 1. The van der Waals surface area contributed by atoms with E-state index < -0.39 is 0 Å². The van der Waals surface area contributed by atoms with Gasteiger partial charge in [0.2, 0.25) is 0 Å². The van der Waals surface area contributed by atoms with Crippen LogP contribution in [0.3, 0.4) is 0 Å². The average Bonchev–Trinajstić information content (AvgIpc) is 2.86. The van der Waals surface area contributed by atoms with Crippen molar-refractivity contribution in [2.45, 2.75) is 6.10 Å². The molecule has 0 unspecified atom stereocenters. The first-order valence-electron chi connectivity index (χ1n) is 3.71. The van der Waals surface area contributed by atoms with Crippen LogP contribution in [0.15, 0.2) is 18.3 Å². The lowest BCUT2D eigenvalue weighted by Crippen LogP contribution is -2.04. The van der Waals surface area contributed by atoms with E-state index in [1.165, 1.54) is 0 Å². The second kappa shape index (κ2) is 3.29. The minimum Gasteiger partial charge on any atom is -0.488 e. The first kappa shape index (κ1) is 7.83. The Kier molecular flexibility index (Phi) is 2.15. The molecule has 3 nitrogen and oxygen atoms in total. The SMILES string of the molecule is Clc1ncccc1OC[C@H]1CO1. The lowest BCUT2D eigenvalue weighted by Gasteiger charge is -2.03. The highest BCUT2D eigenvalue weighted by molar-refractivity contribution is 6.30. The maximum Gasteiger partial charge on any atom is 0.171 e. The normalized spacial score (nSPS) is 20.6. The van der Waals surface area contributed by atoms with Crippen molar-refractivity contribution < 1.29 is 9.47 Å². The lowest BCUT2D eigenvalue weighted by molar-refractivity contribution is 0.262. The van der Waals surface area contributed by atoms with Gasteiger partial charge in [0.1, 0.15) is 12.7 Å². The summed E-state index contributed by atoms with van der Waals surface area (Å²) >= 11 is 5.75. The second-order valence-electron chi connectivity index (χ2n) is 2.56. The van der Waals surface area contributed by atoms with E-state index in [-0.39, 0.29) is 6.10 Å². The molecule has 0 N–H and O–H groups in total. The van der Waals surface area contributed by atoms with Gasteiger partial charge in [-0.05, 0) is 12.1 Å². The van der Waals surface area contributed by atoms with E-state index in [4.69, 9.17) is 21.1 Å². The molecular weight excluding hydrogens is 178 g/mol. The molecule has 2 rings (SSSR count). The van der Waals surface area contributed by atoms with E-state index in [0.717, 1.165) is 6.61 Å². The minimum atomic E-state index is 0.251. The van der Waals surface area contributed by atoms with Crippen molar-refractivity contribution in [1.82, 2.24) is 4.98 Å². The van der Waals surface area contributed by atoms with Crippen LogP contribution in [0.1, 0.15) is 0 Å². The number of rotatable bonds is 3. The van der Waals surface area contributed by atoms with Crippen molar-refractivity contribution in [3.8, 4) is 5.75 Å². The summed E-state index contributed by atoms with van der Waals surface area (Å²) in [5.41, 5.74) is 0. The molecule has 0 radical (unpaired) electrons. The molecule has 1 aliphatic rings. The molecule has 0 aliphatic carbocycles. The molecule has 1 saturated heterocycles. The van der Waals surface area contributed by atoms with Crippen LogP contribution in [0, 0.1) is 0 Å². The molecule has 1 aromatic heterocycles. The van der Waals surface area contributed by atoms with Crippen LogP contribution in [-0.4, -0.2) is 24.3 Å². The molecule has 0 saturated carbocycles. The molecule has 12 heavy (non-hydrogen) atoms. The molecule has 1 aliphatic heterocycles. The fourth-order valence-corrected chi connectivity index (χ4v) is 1.000. The first-order chi connectivity index (χ1) is 5.86. The second-order valence-corrected chi connectivity index (χ2v) is 2.92. The van der Waals surface area contributed by atoms with Crippen LogP contribution in [-0.2, 0) is 4.74 Å². The van der Waals surface area contributed by atoms with Crippen LogP contribution in [0.2, 0.25) is 5.15 Å². The summed E-state index contributed by atoms with van der Waals surface area (Å²) in [6.45, 7) is 1.35. The minimum absolute atomic E-state index is 0.251. The predicted molar refractivity (Wildman–Crippen MR) is 44.5 cm³/mol. The fourth-order valence-electron chi connectivity index (χ4n) is 0.826. The Morgan fingerprint density at radius 3 is 3.25 bits per heavy atom. The number of nitrogens with zero attached hydrogens (tertiary/aromatic N) is 1. The topological polar surface area (TPSA) is 34.6 Å². The smallest absolute Gasteiger partial charge is 0.171 e. The van der Waals surface area contributed by atoms with Gasteiger partial charge in [0, 0.05) is 6.20 Å². The quantitative estimate of drug-likeness (QED) is 0.529. The molecule has 0 aromatic carbocycles. The third-order valence-electron chi connectivity index (χ3n) is 1.55. The van der Waals surface area contributed by atoms with Crippen molar-refractivity contribution in [1.29, 1.82) is 0 Å². The molecule has 1 aromatic rings. The van der Waals surface area contributed by atoms with Gasteiger partial charge in [-0.3, -0.25) is 0 Å². The molecule has 0 amide bonds. The molecule has 0 spiro atoms. The number of epoxide rings is 1. The lowest BCUT2D eigenvalue weighted by atomic mass is 10.4. The number of aromatic nitrogens is 1. The maximum atomic E-state index is 5.75. The van der Waals surface area contributed by atoms with Gasteiger partial charge in [-0.15, -0.1) is 0 Å². The van der Waals surface area contributed by atoms with Crippen molar-refractivity contribution in [2.75, 3.05) is 13.2 Å².